The average molecular weight is 518 g/mol. The molecule has 0 bridgehead atoms. The molecule has 2 fully saturated rings. The minimum atomic E-state index is -4.71. The monoisotopic (exact) mass is 517 g/mol. The Labute approximate surface area is 211 Å². The van der Waals surface area contributed by atoms with Gasteiger partial charge in [0.25, 0.3) is 5.91 Å². The Morgan fingerprint density at radius 2 is 1.70 bits per heavy atom. The van der Waals surface area contributed by atoms with Crippen LogP contribution in [0.5, 0.6) is 11.5 Å². The van der Waals surface area contributed by atoms with Gasteiger partial charge in [0.2, 0.25) is 11.8 Å². The van der Waals surface area contributed by atoms with Crippen LogP contribution in [0.4, 0.5) is 18.9 Å². The summed E-state index contributed by atoms with van der Waals surface area (Å²) in [6.07, 6.45) is -2.52. The van der Waals surface area contributed by atoms with Crippen LogP contribution in [0.25, 0.3) is 0 Å². The molecule has 11 heteroatoms. The van der Waals surface area contributed by atoms with Crippen LogP contribution in [0.2, 0.25) is 0 Å². The number of piperidine rings is 2. The zero-order valence-electron chi connectivity index (χ0n) is 19.9. The van der Waals surface area contributed by atoms with Crippen molar-refractivity contribution in [2.24, 2.45) is 5.92 Å². The van der Waals surface area contributed by atoms with Gasteiger partial charge in [0.15, 0.2) is 0 Å². The van der Waals surface area contributed by atoms with Crippen LogP contribution >= 0.6 is 0 Å². The zero-order valence-corrected chi connectivity index (χ0v) is 19.9. The molecule has 3 amide bonds. The van der Waals surface area contributed by atoms with Crippen molar-refractivity contribution in [3.8, 4) is 11.5 Å². The molecule has 1 atom stereocenters. The molecular weight excluding hydrogens is 491 g/mol. The summed E-state index contributed by atoms with van der Waals surface area (Å²) < 4.78 is 47.2. The van der Waals surface area contributed by atoms with Crippen molar-refractivity contribution in [2.45, 2.75) is 44.6 Å². The Morgan fingerprint density at radius 3 is 2.38 bits per heavy atom. The molecule has 3 heterocycles. The molecule has 2 aromatic carbocycles. The number of nitrogens with one attached hydrogen (secondary N) is 1. The van der Waals surface area contributed by atoms with Gasteiger partial charge in [-0.3, -0.25) is 19.7 Å². The molecule has 0 saturated carbocycles. The molecule has 2 aromatic rings. The minimum Gasteiger partial charge on any atom is -0.493 e. The SMILES string of the molecule is O=C1CCC(N2Cc3c(OCC4CCN(c5ccc(OC(F)(F)F)cc5)CC4)cccc3C2=O)C(=O)N1. The van der Waals surface area contributed by atoms with E-state index >= 15 is 0 Å². The number of amides is 3. The van der Waals surface area contributed by atoms with Crippen LogP contribution in [0.15, 0.2) is 42.5 Å². The minimum absolute atomic E-state index is 0.198. The first kappa shape index (κ1) is 24.9. The molecule has 0 radical (unpaired) electrons. The third kappa shape index (κ3) is 5.50. The van der Waals surface area contributed by atoms with Gasteiger partial charge >= 0.3 is 6.36 Å². The highest BCUT2D eigenvalue weighted by molar-refractivity contribution is 6.05. The summed E-state index contributed by atoms with van der Waals surface area (Å²) in [6, 6.07) is 10.5. The smallest absolute Gasteiger partial charge is 0.493 e. The van der Waals surface area contributed by atoms with Crippen LogP contribution in [-0.4, -0.2) is 54.7 Å². The number of carbonyl (C=O) groups is 3. The number of anilines is 1. The molecule has 5 rings (SSSR count). The molecule has 196 valence electrons. The number of nitrogens with zero attached hydrogens (tertiary/aromatic N) is 2. The number of hydrogen-bond acceptors (Lipinski definition) is 6. The van der Waals surface area contributed by atoms with E-state index in [-0.39, 0.29) is 36.4 Å². The van der Waals surface area contributed by atoms with Crippen molar-refractivity contribution in [1.82, 2.24) is 10.2 Å². The molecule has 8 nitrogen and oxygen atoms in total. The number of alkyl halides is 3. The van der Waals surface area contributed by atoms with Crippen LogP contribution in [0.1, 0.15) is 41.6 Å². The van der Waals surface area contributed by atoms with Gasteiger partial charge in [-0.1, -0.05) is 6.07 Å². The lowest BCUT2D eigenvalue weighted by Crippen LogP contribution is -2.52. The van der Waals surface area contributed by atoms with Gasteiger partial charge in [0.1, 0.15) is 17.5 Å². The van der Waals surface area contributed by atoms with Crippen LogP contribution in [-0.2, 0) is 16.1 Å². The summed E-state index contributed by atoms with van der Waals surface area (Å²) in [7, 11) is 0. The van der Waals surface area contributed by atoms with Gasteiger partial charge in [0.05, 0.1) is 13.2 Å². The van der Waals surface area contributed by atoms with Crippen molar-refractivity contribution >= 4 is 23.4 Å². The topological polar surface area (TPSA) is 88.2 Å². The first-order valence-electron chi connectivity index (χ1n) is 12.2. The standard InChI is InChI=1S/C26H26F3N3O5/c27-26(28,29)37-18-6-4-17(5-7-18)31-12-10-16(11-13-31)15-36-22-3-1-2-19-20(22)14-32(25(19)35)21-8-9-23(33)30-24(21)34/h1-7,16,21H,8-15H2,(H,30,33,34). The molecular formula is C26H26F3N3O5. The quantitative estimate of drug-likeness (QED) is 0.589. The highest BCUT2D eigenvalue weighted by Gasteiger charge is 2.40. The average Bonchev–Trinajstić information content (AvgIpc) is 3.19. The van der Waals surface area contributed by atoms with Gasteiger partial charge < -0.3 is 19.3 Å². The van der Waals surface area contributed by atoms with Crippen LogP contribution < -0.4 is 19.7 Å². The van der Waals surface area contributed by atoms with Gasteiger partial charge in [-0.15, -0.1) is 13.2 Å². The molecule has 1 unspecified atom stereocenters. The van der Waals surface area contributed by atoms with Crippen molar-refractivity contribution in [3.63, 3.8) is 0 Å². The molecule has 0 spiro atoms. The van der Waals surface area contributed by atoms with Gasteiger partial charge in [-0.25, -0.2) is 0 Å². The summed E-state index contributed by atoms with van der Waals surface area (Å²) >= 11 is 0. The summed E-state index contributed by atoms with van der Waals surface area (Å²) in [5.41, 5.74) is 2.09. The zero-order chi connectivity index (χ0) is 26.2. The third-order valence-corrected chi connectivity index (χ3v) is 7.06. The van der Waals surface area contributed by atoms with E-state index in [0.29, 0.717) is 24.3 Å². The molecule has 2 saturated heterocycles. The normalized spacial score (nSPS) is 20.6. The largest absolute Gasteiger partial charge is 0.573 e. The fraction of sp³-hybridized carbons (Fsp3) is 0.423. The second-order valence-corrected chi connectivity index (χ2v) is 9.47. The lowest BCUT2D eigenvalue weighted by Gasteiger charge is -2.33. The van der Waals surface area contributed by atoms with Crippen molar-refractivity contribution in [2.75, 3.05) is 24.6 Å². The molecule has 0 aromatic heterocycles. The van der Waals surface area contributed by atoms with E-state index in [4.69, 9.17) is 4.74 Å². The second kappa shape index (κ2) is 9.95. The Morgan fingerprint density at radius 1 is 0.973 bits per heavy atom. The van der Waals surface area contributed by atoms with E-state index in [1.807, 2.05) is 6.07 Å². The highest BCUT2D eigenvalue weighted by atomic mass is 19.4. The first-order chi connectivity index (χ1) is 17.7. The summed E-state index contributed by atoms with van der Waals surface area (Å²) in [4.78, 5) is 40.4. The number of hydrogen-bond donors (Lipinski definition) is 1. The van der Waals surface area contributed by atoms with Crippen molar-refractivity contribution in [3.05, 3.63) is 53.6 Å². The van der Waals surface area contributed by atoms with Crippen LogP contribution in [0.3, 0.4) is 0 Å². The Kier molecular flexibility index (Phi) is 6.70. The van der Waals surface area contributed by atoms with E-state index in [0.717, 1.165) is 37.2 Å². The summed E-state index contributed by atoms with van der Waals surface area (Å²) in [5, 5.41) is 2.30. The fourth-order valence-electron chi connectivity index (χ4n) is 5.12. The summed E-state index contributed by atoms with van der Waals surface area (Å²) in [5.74, 6) is -0.367. The van der Waals surface area contributed by atoms with Gasteiger partial charge in [-0.05, 0) is 61.6 Å². The number of rotatable bonds is 6. The number of fused-ring (bicyclic) bond motifs is 1. The predicted octanol–water partition coefficient (Wildman–Crippen LogP) is 3.64. The summed E-state index contributed by atoms with van der Waals surface area (Å²) in [6.45, 7) is 2.20. The fourth-order valence-corrected chi connectivity index (χ4v) is 5.12. The molecule has 0 aliphatic carbocycles. The van der Waals surface area contributed by atoms with E-state index in [1.165, 1.54) is 17.0 Å². The number of halogens is 3. The molecule has 3 aliphatic heterocycles. The van der Waals surface area contributed by atoms with E-state index in [9.17, 15) is 27.6 Å². The third-order valence-electron chi connectivity index (χ3n) is 7.06. The number of benzene rings is 2. The van der Waals surface area contributed by atoms with E-state index < -0.39 is 18.3 Å². The maximum Gasteiger partial charge on any atom is 0.573 e. The highest BCUT2D eigenvalue weighted by Crippen LogP contribution is 2.34. The first-order valence-corrected chi connectivity index (χ1v) is 12.2. The molecule has 1 N–H and O–H groups in total. The van der Waals surface area contributed by atoms with E-state index in [2.05, 4.69) is 15.0 Å². The maximum atomic E-state index is 13.0. The molecule has 3 aliphatic rings. The van der Waals surface area contributed by atoms with Gasteiger partial charge in [-0.2, -0.15) is 0 Å². The molecule has 37 heavy (non-hydrogen) atoms. The number of imide groups is 1. The lowest BCUT2D eigenvalue weighted by atomic mass is 9.97. The van der Waals surface area contributed by atoms with Crippen molar-refractivity contribution < 1.29 is 37.0 Å². The Bertz CT molecular complexity index is 1190. The second-order valence-electron chi connectivity index (χ2n) is 9.47. The Balaban J connectivity index is 1.15. The van der Waals surface area contributed by atoms with Crippen molar-refractivity contribution in [1.29, 1.82) is 0 Å². The van der Waals surface area contributed by atoms with E-state index in [1.54, 1.807) is 24.3 Å². The maximum absolute atomic E-state index is 13.0. The predicted molar refractivity (Wildman–Crippen MR) is 126 cm³/mol. The Hall–Kier alpha value is -3.76. The van der Waals surface area contributed by atoms with Crippen LogP contribution in [0, 0.1) is 5.92 Å². The van der Waals surface area contributed by atoms with Gasteiger partial charge in [0, 0.05) is 36.3 Å². The number of ether oxygens (including phenoxy) is 2. The number of carbonyl (C=O) groups excluding carboxylic acids is 3. The lowest BCUT2D eigenvalue weighted by molar-refractivity contribution is -0.274.